The third-order valence-electron chi connectivity index (χ3n) is 10.5. The lowest BCUT2D eigenvalue weighted by atomic mass is 9.90. The highest BCUT2D eigenvalue weighted by Crippen LogP contribution is 2.42. The average Bonchev–Trinajstić information content (AvgIpc) is 3.66. The molecule has 11 rings (SSSR count). The van der Waals surface area contributed by atoms with Crippen molar-refractivity contribution in [1.29, 1.82) is 0 Å². The maximum absolute atomic E-state index is 9.81. The lowest BCUT2D eigenvalue weighted by molar-refractivity contribution is 1.28. The predicted molar refractivity (Wildman–Crippen MR) is 261 cm³/mol. The molecule has 0 bridgehead atoms. The molecule has 0 unspecified atom stereocenters. The van der Waals surface area contributed by atoms with Gasteiger partial charge in [0.2, 0.25) is 0 Å². The van der Waals surface area contributed by atoms with Crippen molar-refractivity contribution in [3.05, 3.63) is 248 Å². The Balaban J connectivity index is 1.19. The Labute approximate surface area is 383 Å². The van der Waals surface area contributed by atoms with Crippen molar-refractivity contribution in [3.8, 4) is 55.6 Å². The van der Waals surface area contributed by atoms with Crippen molar-refractivity contribution in [2.45, 2.75) is 0 Å². The number of rotatable bonds is 8. The summed E-state index contributed by atoms with van der Waals surface area (Å²) in [6.45, 7) is 0. The van der Waals surface area contributed by atoms with E-state index in [0.29, 0.717) is 21.6 Å². The summed E-state index contributed by atoms with van der Waals surface area (Å²) in [7, 11) is 0. The fourth-order valence-electron chi connectivity index (χ4n) is 7.59. The Kier molecular flexibility index (Phi) is 5.46. The van der Waals surface area contributed by atoms with Crippen LogP contribution >= 0.6 is 0 Å². The minimum atomic E-state index is -1.03. The molecule has 0 heterocycles. The first-order valence-electron chi connectivity index (χ1n) is 29.0. The van der Waals surface area contributed by atoms with Gasteiger partial charge in [-0.3, -0.25) is 0 Å². The first-order valence-corrected chi connectivity index (χ1v) is 19.5. The van der Waals surface area contributed by atoms with Gasteiger partial charge in [-0.25, -0.2) is 0 Å². The van der Waals surface area contributed by atoms with Gasteiger partial charge in [0, 0.05) is 17.1 Å². The minimum absolute atomic E-state index is 0.170. The molecule has 0 aliphatic heterocycles. The standard InChI is InChI=1S/C60H41N/c1-2-14-50(15-3-1)60-58-19-9-7-13-47(58)33-40-59(60)49-31-38-55(39-32-49)61(54-36-29-45(30-37-54)52-26-23-42-11-4-5-16-51(42)41-52)53-34-27-44(28-35-53)43-21-24-48(25-22-43)57-20-10-17-46-12-6-8-18-56(46)57/h1-41H/i4D,5D,11D,16D,23D,26D,27D,28D,29D,30D,31D,32D,34D,35D,36D,37D,38D,39D,41D. The molecule has 0 saturated carbocycles. The van der Waals surface area contributed by atoms with Crippen molar-refractivity contribution >= 4 is 49.4 Å². The van der Waals surface area contributed by atoms with Gasteiger partial charge in [0.15, 0.2) is 0 Å². The van der Waals surface area contributed by atoms with Gasteiger partial charge < -0.3 is 4.90 Å². The van der Waals surface area contributed by atoms with E-state index in [-0.39, 0.29) is 16.7 Å². The summed E-state index contributed by atoms with van der Waals surface area (Å²) < 4.78 is 177. The summed E-state index contributed by atoms with van der Waals surface area (Å²) >= 11 is 0. The zero-order valence-corrected chi connectivity index (χ0v) is 32.1. The van der Waals surface area contributed by atoms with E-state index in [1.54, 1.807) is 36.4 Å². The van der Waals surface area contributed by atoms with E-state index < -0.39 is 154 Å². The summed E-state index contributed by atoms with van der Waals surface area (Å²) in [5.74, 6) is 0. The third-order valence-corrected chi connectivity index (χ3v) is 10.5. The van der Waals surface area contributed by atoms with Crippen molar-refractivity contribution in [2.75, 3.05) is 4.90 Å². The molecule has 0 radical (unpaired) electrons. The second-order valence-corrected chi connectivity index (χ2v) is 14.2. The molecule has 1 heteroatoms. The molecule has 0 aromatic heterocycles. The van der Waals surface area contributed by atoms with Crippen LogP contribution in [0.2, 0.25) is 0 Å². The highest BCUT2D eigenvalue weighted by Gasteiger charge is 2.16. The van der Waals surface area contributed by atoms with Crippen LogP contribution in [0.3, 0.4) is 0 Å². The van der Waals surface area contributed by atoms with E-state index in [1.165, 1.54) is 0 Å². The van der Waals surface area contributed by atoms with E-state index >= 15 is 0 Å². The highest BCUT2D eigenvalue weighted by atomic mass is 15.1. The molecule has 0 fully saturated rings. The maximum atomic E-state index is 9.81. The molecule has 0 atom stereocenters. The first-order chi connectivity index (χ1) is 38.2. The lowest BCUT2D eigenvalue weighted by Crippen LogP contribution is -2.09. The van der Waals surface area contributed by atoms with Crippen LogP contribution in [0.25, 0.3) is 88.0 Å². The Morgan fingerprint density at radius 2 is 0.803 bits per heavy atom. The zero-order chi connectivity index (χ0) is 57.1. The molecular formula is C60H41N. The Morgan fingerprint density at radius 3 is 1.49 bits per heavy atom. The average molecular weight is 795 g/mol. The summed E-state index contributed by atoms with van der Waals surface area (Å²) in [4.78, 5) is 0.664. The summed E-state index contributed by atoms with van der Waals surface area (Å²) in [6, 6.07) is 25.1. The number of hydrogen-bond donors (Lipinski definition) is 0. The Morgan fingerprint density at radius 1 is 0.279 bits per heavy atom. The number of nitrogens with zero attached hydrogens (tertiary/aromatic N) is 1. The second-order valence-electron chi connectivity index (χ2n) is 14.2. The van der Waals surface area contributed by atoms with Gasteiger partial charge in [0.25, 0.3) is 0 Å². The summed E-state index contributed by atoms with van der Waals surface area (Å²) in [5, 5.41) is 2.52. The Bertz CT molecular complexity index is 4370. The van der Waals surface area contributed by atoms with Crippen LogP contribution in [-0.2, 0) is 0 Å². The number of anilines is 3. The van der Waals surface area contributed by atoms with Crippen molar-refractivity contribution in [2.24, 2.45) is 0 Å². The number of fused-ring (bicyclic) bond motifs is 3. The van der Waals surface area contributed by atoms with Crippen LogP contribution in [0.1, 0.15) is 26.0 Å². The first kappa shape index (κ1) is 21.3. The van der Waals surface area contributed by atoms with Crippen molar-refractivity contribution in [3.63, 3.8) is 0 Å². The molecule has 0 aliphatic carbocycles. The molecule has 11 aromatic carbocycles. The molecule has 1 nitrogen and oxygen atoms in total. The predicted octanol–water partition coefficient (Wildman–Crippen LogP) is 17.0. The largest absolute Gasteiger partial charge is 0.311 e. The van der Waals surface area contributed by atoms with Crippen LogP contribution in [0.15, 0.2) is 248 Å². The highest BCUT2D eigenvalue weighted by molar-refractivity contribution is 6.04. The van der Waals surface area contributed by atoms with Crippen LogP contribution in [0, 0.1) is 0 Å². The molecular weight excluding hydrogens is 735 g/mol. The fraction of sp³-hybridized carbons (Fsp3) is 0. The SMILES string of the molecule is [2H]c1c([2H])c(N(c2c([2H])c([2H])c(-c3ccc4ccccc4c3-c3ccccc3)c([2H])c2[2H])c2c([2H])c([2H])c(-c3c([2H])c([2H])c4c([2H])c([2H])c([2H])c([2H])c4c3[2H])c([2H])c2[2H])c([2H])c([2H])c1-c1ccc(-c2cccc3ccccc23)cc1. The quantitative estimate of drug-likeness (QED) is 0.148. The molecule has 11 aromatic rings. The number of benzene rings is 11. The van der Waals surface area contributed by atoms with E-state index in [9.17, 15) is 17.8 Å². The normalized spacial score (nSPS) is 15.6. The van der Waals surface area contributed by atoms with Gasteiger partial charge in [-0.2, -0.15) is 0 Å². The molecule has 0 amide bonds. The monoisotopic (exact) mass is 794 g/mol. The van der Waals surface area contributed by atoms with Crippen LogP contribution in [0.4, 0.5) is 17.1 Å². The van der Waals surface area contributed by atoms with Crippen molar-refractivity contribution < 1.29 is 26.0 Å². The van der Waals surface area contributed by atoms with Gasteiger partial charge in [-0.05, 0) is 130 Å². The van der Waals surface area contributed by atoms with Gasteiger partial charge in [0.05, 0.1) is 26.0 Å². The molecule has 0 N–H and O–H groups in total. The van der Waals surface area contributed by atoms with Crippen LogP contribution in [-0.4, -0.2) is 0 Å². The summed E-state index contributed by atoms with van der Waals surface area (Å²) in [6.07, 6.45) is 0. The second kappa shape index (κ2) is 15.6. The number of hydrogen-bond acceptors (Lipinski definition) is 1. The van der Waals surface area contributed by atoms with Crippen LogP contribution in [0.5, 0.6) is 0 Å². The molecule has 61 heavy (non-hydrogen) atoms. The van der Waals surface area contributed by atoms with Gasteiger partial charge >= 0.3 is 0 Å². The fourth-order valence-corrected chi connectivity index (χ4v) is 7.59. The Hall–Kier alpha value is -8.00. The van der Waals surface area contributed by atoms with E-state index in [1.807, 2.05) is 97.1 Å². The lowest BCUT2D eigenvalue weighted by Gasteiger charge is -2.26. The van der Waals surface area contributed by atoms with Gasteiger partial charge in [-0.15, -0.1) is 0 Å². The van der Waals surface area contributed by atoms with Gasteiger partial charge in [-0.1, -0.05) is 206 Å². The summed E-state index contributed by atoms with van der Waals surface area (Å²) in [5.41, 5.74) is -0.670. The smallest absolute Gasteiger partial charge is 0.0645 e. The molecule has 0 saturated heterocycles. The minimum Gasteiger partial charge on any atom is -0.311 e. The maximum Gasteiger partial charge on any atom is 0.0645 e. The van der Waals surface area contributed by atoms with E-state index in [0.717, 1.165) is 32.7 Å². The topological polar surface area (TPSA) is 3.24 Å². The van der Waals surface area contributed by atoms with Crippen LogP contribution < -0.4 is 4.90 Å². The van der Waals surface area contributed by atoms with Crippen molar-refractivity contribution in [1.82, 2.24) is 0 Å². The molecule has 0 spiro atoms. The van der Waals surface area contributed by atoms with E-state index in [4.69, 9.17) is 8.22 Å². The molecule has 286 valence electrons. The van der Waals surface area contributed by atoms with E-state index in [2.05, 4.69) is 0 Å². The third kappa shape index (κ3) is 6.93. The van der Waals surface area contributed by atoms with Gasteiger partial charge in [0.1, 0.15) is 0 Å². The molecule has 0 aliphatic rings. The zero-order valence-electron chi connectivity index (χ0n) is 51.1.